The lowest BCUT2D eigenvalue weighted by molar-refractivity contribution is -0.139. The zero-order valence-electron chi connectivity index (χ0n) is 22.2. The van der Waals surface area contributed by atoms with Gasteiger partial charge in [0.25, 0.3) is 10.0 Å². The molecule has 3 aromatic carbocycles. The number of nitrogens with zero attached hydrogens (tertiary/aromatic N) is 2. The van der Waals surface area contributed by atoms with Crippen molar-refractivity contribution in [3.05, 3.63) is 94.8 Å². The number of hydrogen-bond donors (Lipinski definition) is 1. The predicted molar refractivity (Wildman–Crippen MR) is 151 cm³/mol. The topological polar surface area (TPSA) is 86.8 Å². The van der Waals surface area contributed by atoms with E-state index in [0.717, 1.165) is 40.4 Å². The van der Waals surface area contributed by atoms with Gasteiger partial charge in [0.15, 0.2) is 0 Å². The fraction of sp³-hybridized carbons (Fsp3) is 0.310. The SMILES string of the molecule is CCCCNC(=O)[C@H](C)N(Cc1ccccc1C)C(=O)CN(c1ccc(F)c(Cl)c1)S(=O)(=O)c1ccccc1. The van der Waals surface area contributed by atoms with Gasteiger partial charge in [-0.2, -0.15) is 0 Å². The van der Waals surface area contributed by atoms with Gasteiger partial charge in [0.05, 0.1) is 15.6 Å². The van der Waals surface area contributed by atoms with Gasteiger partial charge < -0.3 is 10.2 Å². The molecule has 1 N–H and O–H groups in total. The Morgan fingerprint density at radius 3 is 2.33 bits per heavy atom. The molecule has 0 heterocycles. The smallest absolute Gasteiger partial charge is 0.264 e. The Balaban J connectivity index is 2.02. The zero-order valence-corrected chi connectivity index (χ0v) is 23.8. The Bertz CT molecular complexity index is 1400. The van der Waals surface area contributed by atoms with Crippen molar-refractivity contribution < 1.29 is 22.4 Å². The number of benzene rings is 3. The van der Waals surface area contributed by atoms with Crippen molar-refractivity contribution >= 4 is 39.1 Å². The van der Waals surface area contributed by atoms with E-state index in [4.69, 9.17) is 11.6 Å². The van der Waals surface area contributed by atoms with Gasteiger partial charge in [-0.05, 0) is 61.7 Å². The first-order valence-corrected chi connectivity index (χ1v) is 14.5. The molecule has 7 nitrogen and oxygen atoms in total. The summed E-state index contributed by atoms with van der Waals surface area (Å²) in [7, 11) is -4.25. The van der Waals surface area contributed by atoms with Crippen molar-refractivity contribution in [2.24, 2.45) is 0 Å². The molecular formula is C29H33ClFN3O4S. The molecule has 3 rings (SSSR count). The number of sulfonamides is 1. The second-order valence-corrected chi connectivity index (χ2v) is 11.5. The van der Waals surface area contributed by atoms with Gasteiger partial charge in [-0.25, -0.2) is 12.8 Å². The van der Waals surface area contributed by atoms with E-state index in [9.17, 15) is 22.4 Å². The number of anilines is 1. The van der Waals surface area contributed by atoms with Crippen LogP contribution in [0.2, 0.25) is 5.02 Å². The standard InChI is InChI=1S/C29H33ClFN3O4S/c1-4-5-17-32-29(36)22(3)33(19-23-12-10-9-11-21(23)2)28(35)20-34(24-15-16-27(31)26(30)18-24)39(37,38)25-13-7-6-8-14-25/h6-16,18,22H,4-5,17,19-20H2,1-3H3,(H,32,36)/t22-/m0/s1. The molecule has 0 saturated carbocycles. The van der Waals surface area contributed by atoms with Gasteiger partial charge in [0, 0.05) is 13.1 Å². The van der Waals surface area contributed by atoms with Crippen LogP contribution in [0.3, 0.4) is 0 Å². The molecule has 39 heavy (non-hydrogen) atoms. The molecule has 0 aromatic heterocycles. The molecule has 10 heteroatoms. The molecular weight excluding hydrogens is 541 g/mol. The van der Waals surface area contributed by atoms with Gasteiger partial charge >= 0.3 is 0 Å². The number of aryl methyl sites for hydroxylation is 1. The summed E-state index contributed by atoms with van der Waals surface area (Å²) in [5.41, 5.74) is 1.77. The highest BCUT2D eigenvalue weighted by Gasteiger charge is 2.32. The van der Waals surface area contributed by atoms with E-state index in [1.54, 1.807) is 25.1 Å². The van der Waals surface area contributed by atoms with Crippen LogP contribution in [0, 0.1) is 12.7 Å². The number of hydrogen-bond acceptors (Lipinski definition) is 4. The fourth-order valence-electron chi connectivity index (χ4n) is 3.98. The highest BCUT2D eigenvalue weighted by Crippen LogP contribution is 2.28. The van der Waals surface area contributed by atoms with Crippen LogP contribution in [0.25, 0.3) is 0 Å². The van der Waals surface area contributed by atoms with E-state index in [0.29, 0.717) is 6.54 Å². The van der Waals surface area contributed by atoms with E-state index in [1.165, 1.54) is 23.1 Å². The second-order valence-electron chi connectivity index (χ2n) is 9.19. The molecule has 0 aliphatic rings. The largest absolute Gasteiger partial charge is 0.354 e. The Morgan fingerprint density at radius 1 is 1.03 bits per heavy atom. The van der Waals surface area contributed by atoms with Crippen LogP contribution in [-0.2, 0) is 26.2 Å². The normalized spacial score (nSPS) is 12.0. The van der Waals surface area contributed by atoms with Crippen molar-refractivity contribution in [3.63, 3.8) is 0 Å². The molecule has 0 unspecified atom stereocenters. The van der Waals surface area contributed by atoms with Crippen molar-refractivity contribution in [2.75, 3.05) is 17.4 Å². The van der Waals surface area contributed by atoms with E-state index < -0.39 is 34.3 Å². The van der Waals surface area contributed by atoms with Crippen LogP contribution >= 0.6 is 11.6 Å². The fourth-order valence-corrected chi connectivity index (χ4v) is 5.58. The van der Waals surface area contributed by atoms with Gasteiger partial charge in [0.1, 0.15) is 18.4 Å². The molecule has 0 radical (unpaired) electrons. The van der Waals surface area contributed by atoms with Crippen LogP contribution in [0.1, 0.15) is 37.8 Å². The number of unbranched alkanes of at least 4 members (excludes halogenated alkanes) is 1. The van der Waals surface area contributed by atoms with Gasteiger partial charge in [0.2, 0.25) is 11.8 Å². The molecule has 1 atom stereocenters. The number of carbonyl (C=O) groups is 2. The Morgan fingerprint density at radius 2 is 1.69 bits per heavy atom. The summed E-state index contributed by atoms with van der Waals surface area (Å²) in [4.78, 5) is 28.2. The molecule has 3 aromatic rings. The van der Waals surface area contributed by atoms with Gasteiger partial charge in [-0.1, -0.05) is 67.4 Å². The number of halogens is 2. The summed E-state index contributed by atoms with van der Waals surface area (Å²) in [5.74, 6) is -1.66. The van der Waals surface area contributed by atoms with E-state index >= 15 is 0 Å². The van der Waals surface area contributed by atoms with E-state index in [1.807, 2.05) is 38.1 Å². The number of amides is 2. The third kappa shape index (κ3) is 7.58. The first kappa shape index (κ1) is 30.1. The minimum atomic E-state index is -4.25. The second kappa shape index (κ2) is 13.6. The Labute approximate surface area is 234 Å². The first-order chi connectivity index (χ1) is 18.6. The summed E-state index contributed by atoms with van der Waals surface area (Å²) >= 11 is 5.99. The van der Waals surface area contributed by atoms with Crippen LogP contribution < -0.4 is 9.62 Å². The van der Waals surface area contributed by atoms with Crippen LogP contribution in [0.5, 0.6) is 0 Å². The third-order valence-electron chi connectivity index (χ3n) is 6.40. The highest BCUT2D eigenvalue weighted by atomic mass is 35.5. The van der Waals surface area contributed by atoms with Gasteiger partial charge in [-0.3, -0.25) is 13.9 Å². The molecule has 0 aliphatic heterocycles. The molecule has 0 aliphatic carbocycles. The minimum absolute atomic E-state index is 0.0227. The van der Waals surface area contributed by atoms with Gasteiger partial charge in [-0.15, -0.1) is 0 Å². The molecule has 0 fully saturated rings. The summed E-state index contributed by atoms with van der Waals surface area (Å²) in [5, 5.41) is 2.57. The summed E-state index contributed by atoms with van der Waals surface area (Å²) in [6.45, 7) is 5.45. The van der Waals surface area contributed by atoms with Crippen molar-refractivity contribution in [1.29, 1.82) is 0 Å². The van der Waals surface area contributed by atoms with Crippen molar-refractivity contribution in [2.45, 2.75) is 51.1 Å². The number of nitrogens with one attached hydrogen (secondary N) is 1. The maximum Gasteiger partial charge on any atom is 0.264 e. The minimum Gasteiger partial charge on any atom is -0.354 e. The molecule has 208 valence electrons. The average Bonchev–Trinajstić information content (AvgIpc) is 2.92. The lowest BCUT2D eigenvalue weighted by atomic mass is 10.1. The first-order valence-electron chi connectivity index (χ1n) is 12.7. The maximum absolute atomic E-state index is 14.0. The summed E-state index contributed by atoms with van der Waals surface area (Å²) in [6.07, 6.45) is 1.69. The van der Waals surface area contributed by atoms with Crippen molar-refractivity contribution in [1.82, 2.24) is 10.2 Å². The molecule has 0 spiro atoms. The maximum atomic E-state index is 14.0. The third-order valence-corrected chi connectivity index (χ3v) is 8.48. The van der Waals surface area contributed by atoms with E-state index in [-0.39, 0.29) is 28.1 Å². The zero-order chi connectivity index (χ0) is 28.6. The monoisotopic (exact) mass is 573 g/mol. The Hall–Kier alpha value is -3.43. The highest BCUT2D eigenvalue weighted by molar-refractivity contribution is 7.92. The van der Waals surface area contributed by atoms with Crippen LogP contribution in [0.4, 0.5) is 10.1 Å². The lowest BCUT2D eigenvalue weighted by Crippen LogP contribution is -2.51. The molecule has 0 bridgehead atoms. The summed E-state index contributed by atoms with van der Waals surface area (Å²) in [6, 6.07) is 17.7. The Kier molecular flexibility index (Phi) is 10.5. The molecule has 2 amide bonds. The van der Waals surface area contributed by atoms with Crippen LogP contribution in [-0.4, -0.2) is 44.3 Å². The molecule has 0 saturated heterocycles. The number of rotatable bonds is 12. The quantitative estimate of drug-likeness (QED) is 0.297. The van der Waals surface area contributed by atoms with Crippen molar-refractivity contribution in [3.8, 4) is 0 Å². The number of carbonyl (C=O) groups excluding carboxylic acids is 2. The predicted octanol–water partition coefficient (Wildman–Crippen LogP) is 5.32. The average molecular weight is 574 g/mol. The lowest BCUT2D eigenvalue weighted by Gasteiger charge is -2.32. The van der Waals surface area contributed by atoms with Crippen LogP contribution in [0.15, 0.2) is 77.7 Å². The summed E-state index contributed by atoms with van der Waals surface area (Å²) < 4.78 is 42.3. The van der Waals surface area contributed by atoms with E-state index in [2.05, 4.69) is 5.32 Å².